The highest BCUT2D eigenvalue weighted by Crippen LogP contribution is 2.13. The van der Waals surface area contributed by atoms with Crippen molar-refractivity contribution < 1.29 is 4.74 Å². The summed E-state index contributed by atoms with van der Waals surface area (Å²) in [6.45, 7) is 3.46. The third-order valence-electron chi connectivity index (χ3n) is 2.45. The number of nitrogens with zero attached hydrogens (tertiary/aromatic N) is 3. The molecule has 1 N–H and O–H groups in total. The van der Waals surface area contributed by atoms with Gasteiger partial charge < -0.3 is 14.6 Å². The molecule has 0 saturated carbocycles. The maximum Gasteiger partial charge on any atom is 0.147 e. The van der Waals surface area contributed by atoms with Crippen LogP contribution in [0.5, 0.6) is 0 Å². The summed E-state index contributed by atoms with van der Waals surface area (Å²) in [5, 5.41) is 11.6. The van der Waals surface area contributed by atoms with E-state index in [1.165, 1.54) is 6.42 Å². The van der Waals surface area contributed by atoms with Crippen LogP contribution >= 0.6 is 0 Å². The van der Waals surface area contributed by atoms with Gasteiger partial charge in [-0.3, -0.25) is 0 Å². The van der Waals surface area contributed by atoms with Crippen LogP contribution < -0.4 is 5.32 Å². The van der Waals surface area contributed by atoms with Crippen LogP contribution in [0.15, 0.2) is 0 Å². The fourth-order valence-electron chi connectivity index (χ4n) is 1.72. The van der Waals surface area contributed by atoms with Gasteiger partial charge in [0.05, 0.1) is 13.2 Å². The van der Waals surface area contributed by atoms with Gasteiger partial charge in [0.2, 0.25) is 0 Å². The fourth-order valence-corrected chi connectivity index (χ4v) is 1.72. The Labute approximate surface area is 83.5 Å². The maximum atomic E-state index is 4.95. The summed E-state index contributed by atoms with van der Waals surface area (Å²) < 4.78 is 7.16. The fraction of sp³-hybridized carbons (Fsp3) is 0.778. The smallest absolute Gasteiger partial charge is 0.147 e. The lowest BCUT2D eigenvalue weighted by Crippen LogP contribution is -2.20. The van der Waals surface area contributed by atoms with Crippen LogP contribution in [-0.4, -0.2) is 35.0 Å². The number of ether oxygens (including phenoxy) is 1. The van der Waals surface area contributed by atoms with Gasteiger partial charge in [-0.1, -0.05) is 0 Å². The van der Waals surface area contributed by atoms with Gasteiger partial charge in [0.15, 0.2) is 0 Å². The first-order valence-corrected chi connectivity index (χ1v) is 5.02. The Hall–Kier alpha value is -0.940. The number of aryl methyl sites for hydroxylation is 1. The molecule has 78 valence electrons. The van der Waals surface area contributed by atoms with E-state index in [-0.39, 0.29) is 0 Å². The predicted octanol–water partition coefficient (Wildman–Crippen LogP) is -0.0397. The Morgan fingerprint density at radius 3 is 3.29 bits per heavy atom. The Balaban J connectivity index is 1.84. The Morgan fingerprint density at radius 2 is 2.43 bits per heavy atom. The zero-order chi connectivity index (χ0) is 9.80. The normalized spacial score (nSPS) is 14.6. The quantitative estimate of drug-likeness (QED) is 0.671. The minimum absolute atomic E-state index is 0.737. The molecule has 2 rings (SSSR count). The van der Waals surface area contributed by atoms with Gasteiger partial charge in [0, 0.05) is 26.6 Å². The lowest BCUT2D eigenvalue weighted by Gasteiger charge is -2.04. The molecule has 0 fully saturated rings. The summed E-state index contributed by atoms with van der Waals surface area (Å²) in [5.41, 5.74) is 0. The van der Waals surface area contributed by atoms with E-state index in [1.54, 1.807) is 7.11 Å². The van der Waals surface area contributed by atoms with Gasteiger partial charge in [-0.2, -0.15) is 0 Å². The van der Waals surface area contributed by atoms with Crippen LogP contribution in [0.25, 0.3) is 0 Å². The second-order valence-corrected chi connectivity index (χ2v) is 3.46. The highest BCUT2D eigenvalue weighted by molar-refractivity contribution is 5.00. The van der Waals surface area contributed by atoms with Crippen molar-refractivity contribution >= 4 is 0 Å². The average Bonchev–Trinajstić information content (AvgIpc) is 2.75. The van der Waals surface area contributed by atoms with Crippen molar-refractivity contribution in [1.29, 1.82) is 0 Å². The second kappa shape index (κ2) is 4.52. The third kappa shape index (κ3) is 1.93. The van der Waals surface area contributed by atoms with E-state index in [9.17, 15) is 0 Å². The van der Waals surface area contributed by atoms with Crippen molar-refractivity contribution in [3.63, 3.8) is 0 Å². The van der Waals surface area contributed by atoms with E-state index in [0.717, 1.165) is 44.3 Å². The van der Waals surface area contributed by atoms with Gasteiger partial charge in [-0.15, -0.1) is 10.2 Å². The number of hydrogen-bond acceptors (Lipinski definition) is 4. The third-order valence-corrected chi connectivity index (χ3v) is 2.45. The average molecular weight is 196 g/mol. The van der Waals surface area contributed by atoms with Crippen LogP contribution in [-0.2, 0) is 24.2 Å². The highest BCUT2D eigenvalue weighted by atomic mass is 16.5. The van der Waals surface area contributed by atoms with E-state index in [0.29, 0.717) is 0 Å². The standard InChI is InChI=1S/C9H16N4O/c1-14-6-4-10-7-9-12-11-8-3-2-5-13(8)9/h10H,2-7H2,1H3. The number of fused-ring (bicyclic) bond motifs is 1. The first kappa shape index (κ1) is 9.61. The van der Waals surface area contributed by atoms with Gasteiger partial charge in [-0.05, 0) is 6.42 Å². The number of hydrogen-bond donors (Lipinski definition) is 1. The van der Waals surface area contributed by atoms with Crippen LogP contribution in [0.3, 0.4) is 0 Å². The molecule has 2 heterocycles. The number of rotatable bonds is 5. The van der Waals surface area contributed by atoms with Crippen LogP contribution in [0.4, 0.5) is 0 Å². The molecule has 0 amide bonds. The molecule has 0 bridgehead atoms. The summed E-state index contributed by atoms with van der Waals surface area (Å²) in [7, 11) is 1.70. The monoisotopic (exact) mass is 196 g/mol. The summed E-state index contributed by atoms with van der Waals surface area (Å²) in [6.07, 6.45) is 2.28. The van der Waals surface area contributed by atoms with E-state index >= 15 is 0 Å². The topological polar surface area (TPSA) is 52.0 Å². The van der Waals surface area contributed by atoms with E-state index in [2.05, 4.69) is 20.1 Å². The molecule has 0 aromatic carbocycles. The van der Waals surface area contributed by atoms with Crippen molar-refractivity contribution in [2.24, 2.45) is 0 Å². The minimum Gasteiger partial charge on any atom is -0.383 e. The summed E-state index contributed by atoms with van der Waals surface area (Å²) >= 11 is 0. The molecular formula is C9H16N4O. The molecular weight excluding hydrogens is 180 g/mol. The highest BCUT2D eigenvalue weighted by Gasteiger charge is 2.16. The van der Waals surface area contributed by atoms with Crippen LogP contribution in [0.1, 0.15) is 18.1 Å². The van der Waals surface area contributed by atoms with E-state index < -0.39 is 0 Å². The van der Waals surface area contributed by atoms with Gasteiger partial charge in [0.1, 0.15) is 11.6 Å². The van der Waals surface area contributed by atoms with Crippen molar-refractivity contribution in [2.45, 2.75) is 25.9 Å². The Morgan fingerprint density at radius 1 is 1.50 bits per heavy atom. The Kier molecular flexibility index (Phi) is 3.10. The molecule has 1 aliphatic rings. The Bertz CT molecular complexity index is 297. The van der Waals surface area contributed by atoms with Crippen LogP contribution in [0.2, 0.25) is 0 Å². The molecule has 1 aromatic heterocycles. The molecule has 0 aliphatic carbocycles. The number of aromatic nitrogens is 3. The molecule has 0 radical (unpaired) electrons. The largest absolute Gasteiger partial charge is 0.383 e. The molecule has 0 atom stereocenters. The van der Waals surface area contributed by atoms with Gasteiger partial charge in [0.25, 0.3) is 0 Å². The van der Waals surface area contributed by atoms with Crippen LogP contribution in [0, 0.1) is 0 Å². The first-order valence-electron chi connectivity index (χ1n) is 5.02. The molecule has 0 saturated heterocycles. The molecule has 1 aromatic rings. The summed E-state index contributed by atoms with van der Waals surface area (Å²) in [4.78, 5) is 0. The molecule has 14 heavy (non-hydrogen) atoms. The summed E-state index contributed by atoms with van der Waals surface area (Å²) in [5.74, 6) is 2.18. The summed E-state index contributed by atoms with van der Waals surface area (Å²) in [6, 6.07) is 0. The molecule has 5 nitrogen and oxygen atoms in total. The lowest BCUT2D eigenvalue weighted by atomic mass is 10.4. The molecule has 5 heteroatoms. The van der Waals surface area contributed by atoms with Gasteiger partial charge in [-0.25, -0.2) is 0 Å². The zero-order valence-electron chi connectivity index (χ0n) is 8.49. The van der Waals surface area contributed by atoms with E-state index in [1.807, 2.05) is 0 Å². The number of methoxy groups -OCH3 is 1. The van der Waals surface area contributed by atoms with Gasteiger partial charge >= 0.3 is 0 Å². The van der Waals surface area contributed by atoms with Crippen molar-refractivity contribution in [1.82, 2.24) is 20.1 Å². The maximum absolute atomic E-state index is 4.95. The van der Waals surface area contributed by atoms with Crippen molar-refractivity contribution in [2.75, 3.05) is 20.3 Å². The molecule has 0 unspecified atom stereocenters. The van der Waals surface area contributed by atoms with Crippen molar-refractivity contribution in [3.8, 4) is 0 Å². The predicted molar refractivity (Wildman–Crippen MR) is 51.9 cm³/mol. The lowest BCUT2D eigenvalue weighted by molar-refractivity contribution is 0.199. The minimum atomic E-state index is 0.737. The first-order chi connectivity index (χ1) is 6.92. The SMILES string of the molecule is COCCNCc1nnc2n1CCC2. The zero-order valence-corrected chi connectivity index (χ0v) is 8.49. The molecule has 1 aliphatic heterocycles. The molecule has 0 spiro atoms. The number of nitrogens with one attached hydrogen (secondary N) is 1. The second-order valence-electron chi connectivity index (χ2n) is 3.46. The van der Waals surface area contributed by atoms with E-state index in [4.69, 9.17) is 4.74 Å². The van der Waals surface area contributed by atoms with Crippen molar-refractivity contribution in [3.05, 3.63) is 11.6 Å².